The lowest BCUT2D eigenvalue weighted by Gasteiger charge is -2.28. The molecule has 1 heteroatoms. The minimum absolute atomic E-state index is 0.109. The second-order valence-corrected chi connectivity index (χ2v) is 16.3. The molecule has 0 rings (SSSR count). The van der Waals surface area contributed by atoms with Crippen LogP contribution in [0.4, 0.5) is 0 Å². The second kappa shape index (κ2) is 29.4. The maximum Gasteiger partial charge on any atom is 0.0540 e. The highest BCUT2D eigenvalue weighted by molar-refractivity contribution is 5.10. The van der Waals surface area contributed by atoms with Crippen molar-refractivity contribution in [3.05, 3.63) is 12.2 Å². The smallest absolute Gasteiger partial charge is 0.0540 e. The molecule has 0 aromatic heterocycles. The molecule has 2 unspecified atom stereocenters. The van der Waals surface area contributed by atoms with Crippen LogP contribution < -0.4 is 0 Å². The molecule has 0 aliphatic heterocycles. The van der Waals surface area contributed by atoms with Crippen molar-refractivity contribution in [1.82, 2.24) is 0 Å². The van der Waals surface area contributed by atoms with Crippen molar-refractivity contribution in [2.24, 2.45) is 16.7 Å². The van der Waals surface area contributed by atoms with E-state index in [0.29, 0.717) is 5.41 Å². The summed E-state index contributed by atoms with van der Waals surface area (Å²) < 4.78 is 0. The van der Waals surface area contributed by atoms with Crippen LogP contribution in [0.25, 0.3) is 0 Å². The number of unbranched alkanes of at least 4 members (excludes halogenated alkanes) is 14. The molecule has 0 amide bonds. The van der Waals surface area contributed by atoms with Crippen LogP contribution in [0.3, 0.4) is 0 Å². The fraction of sp³-hybridized carbons (Fsp3) is 0.909. The highest BCUT2D eigenvalue weighted by Crippen LogP contribution is 2.35. The van der Waals surface area contributed by atoms with Gasteiger partial charge in [-0.1, -0.05) is 183 Å². The lowest BCUT2D eigenvalue weighted by atomic mass is 9.78. The predicted octanol–water partition coefficient (Wildman–Crippen LogP) is 14.9. The number of aliphatic hydroxyl groups excluding tert-OH is 1. The molecule has 1 nitrogen and oxygen atoms in total. The third kappa shape index (κ3) is 28.0. The lowest BCUT2D eigenvalue weighted by molar-refractivity contribution is 0.146. The van der Waals surface area contributed by atoms with E-state index in [-0.39, 0.29) is 11.5 Å². The van der Waals surface area contributed by atoms with Crippen molar-refractivity contribution in [2.75, 3.05) is 0 Å². The van der Waals surface area contributed by atoms with Crippen LogP contribution in [0.1, 0.15) is 235 Å². The van der Waals surface area contributed by atoms with Gasteiger partial charge < -0.3 is 5.11 Å². The van der Waals surface area contributed by atoms with Gasteiger partial charge in [-0.15, -0.1) is 11.8 Å². The maximum atomic E-state index is 10.6. The molecule has 45 heavy (non-hydrogen) atoms. The Labute approximate surface area is 286 Å². The van der Waals surface area contributed by atoms with Crippen LogP contribution in [-0.2, 0) is 0 Å². The highest BCUT2D eigenvalue weighted by Gasteiger charge is 2.21. The van der Waals surface area contributed by atoms with Crippen molar-refractivity contribution in [3.8, 4) is 11.8 Å². The summed E-state index contributed by atoms with van der Waals surface area (Å²) in [6.45, 7) is 21.1. The molecule has 0 aromatic rings. The van der Waals surface area contributed by atoms with Crippen molar-refractivity contribution in [3.63, 3.8) is 0 Å². The summed E-state index contributed by atoms with van der Waals surface area (Å²) >= 11 is 0. The topological polar surface area (TPSA) is 20.2 Å². The van der Waals surface area contributed by atoms with Gasteiger partial charge in [0, 0.05) is 12.8 Å². The molecule has 0 aliphatic rings. The van der Waals surface area contributed by atoms with Gasteiger partial charge in [-0.05, 0) is 68.1 Å². The lowest BCUT2D eigenvalue weighted by Crippen LogP contribution is -2.14. The number of hydrogen-bond donors (Lipinski definition) is 1. The van der Waals surface area contributed by atoms with Gasteiger partial charge in [0.05, 0.1) is 6.10 Å². The molecular weight excluding hydrogens is 544 g/mol. The predicted molar refractivity (Wildman–Crippen MR) is 205 cm³/mol. The van der Waals surface area contributed by atoms with Crippen LogP contribution in [0.5, 0.6) is 0 Å². The summed E-state index contributed by atoms with van der Waals surface area (Å²) in [6.07, 6.45) is 37.0. The van der Waals surface area contributed by atoms with Crippen LogP contribution in [-0.4, -0.2) is 11.2 Å². The minimum atomic E-state index is -0.109. The van der Waals surface area contributed by atoms with E-state index in [1.807, 2.05) is 0 Å². The van der Waals surface area contributed by atoms with E-state index in [4.69, 9.17) is 0 Å². The second-order valence-electron chi connectivity index (χ2n) is 16.3. The SMILES string of the molecule is C=C(CCC#CCCCCCCC)C(C)(C)CCCCCC(O)CCCCCC(C)(C)CCC(CCCCC)CCCCCC. The zero-order chi connectivity index (χ0) is 33.7. The van der Waals surface area contributed by atoms with Crippen LogP contribution in [0.15, 0.2) is 12.2 Å². The normalized spacial score (nSPS) is 13.4. The van der Waals surface area contributed by atoms with E-state index in [2.05, 4.69) is 66.9 Å². The van der Waals surface area contributed by atoms with E-state index < -0.39 is 0 Å². The summed E-state index contributed by atoms with van der Waals surface area (Å²) in [5.74, 6) is 7.72. The molecule has 266 valence electrons. The van der Waals surface area contributed by atoms with Gasteiger partial charge in [-0.25, -0.2) is 0 Å². The van der Waals surface area contributed by atoms with Crippen molar-refractivity contribution < 1.29 is 5.11 Å². The zero-order valence-corrected chi connectivity index (χ0v) is 32.3. The van der Waals surface area contributed by atoms with E-state index in [1.54, 1.807) is 0 Å². The fourth-order valence-corrected chi connectivity index (χ4v) is 6.85. The highest BCUT2D eigenvalue weighted by atomic mass is 16.3. The van der Waals surface area contributed by atoms with Gasteiger partial charge in [0.2, 0.25) is 0 Å². The Morgan fingerprint density at radius 2 is 1.00 bits per heavy atom. The van der Waals surface area contributed by atoms with Crippen molar-refractivity contribution in [1.29, 1.82) is 0 Å². The molecule has 0 fully saturated rings. The summed E-state index contributed by atoms with van der Waals surface area (Å²) in [6, 6.07) is 0. The number of aliphatic hydroxyl groups is 1. The van der Waals surface area contributed by atoms with Crippen LogP contribution in [0, 0.1) is 28.6 Å². The molecule has 0 bridgehead atoms. The molecule has 0 aliphatic carbocycles. The molecule has 1 N–H and O–H groups in total. The third-order valence-corrected chi connectivity index (χ3v) is 10.7. The first kappa shape index (κ1) is 44.3. The molecule has 0 spiro atoms. The standard InChI is InChI=1S/C44H84O/c1-9-12-15-17-18-19-20-21-25-31-40(4)44(7,8)38-30-23-28-35-42(45)34-27-22-29-37-43(5,6)39-36-41(32-24-14-11-3)33-26-16-13-10-2/h41-42,45H,4,9-19,22-39H2,1-3,5-8H3. The van der Waals surface area contributed by atoms with Crippen LogP contribution >= 0.6 is 0 Å². The molecule has 0 saturated heterocycles. The summed E-state index contributed by atoms with van der Waals surface area (Å²) in [5.41, 5.74) is 2.02. The molecule has 2 atom stereocenters. The Kier molecular flexibility index (Phi) is 28.9. The summed E-state index contributed by atoms with van der Waals surface area (Å²) in [7, 11) is 0. The van der Waals surface area contributed by atoms with Gasteiger partial charge in [0.15, 0.2) is 0 Å². The zero-order valence-electron chi connectivity index (χ0n) is 32.3. The fourth-order valence-electron chi connectivity index (χ4n) is 6.85. The first-order valence-electron chi connectivity index (χ1n) is 20.4. The Bertz CT molecular complexity index is 719. The minimum Gasteiger partial charge on any atom is -0.393 e. The Hall–Kier alpha value is -0.740. The summed E-state index contributed by atoms with van der Waals surface area (Å²) in [4.78, 5) is 0. The average Bonchev–Trinajstić information content (AvgIpc) is 3.00. The Balaban J connectivity index is 4.01. The van der Waals surface area contributed by atoms with Gasteiger partial charge in [0.1, 0.15) is 0 Å². The van der Waals surface area contributed by atoms with E-state index in [0.717, 1.165) is 44.4 Å². The molecule has 0 saturated carbocycles. The van der Waals surface area contributed by atoms with Crippen LogP contribution in [0.2, 0.25) is 0 Å². The van der Waals surface area contributed by atoms with Gasteiger partial charge >= 0.3 is 0 Å². The van der Waals surface area contributed by atoms with E-state index >= 15 is 0 Å². The average molecular weight is 629 g/mol. The maximum absolute atomic E-state index is 10.6. The molecule has 0 radical (unpaired) electrons. The largest absolute Gasteiger partial charge is 0.393 e. The molecule has 0 aromatic carbocycles. The number of allylic oxidation sites excluding steroid dienone is 1. The first-order valence-corrected chi connectivity index (χ1v) is 20.4. The van der Waals surface area contributed by atoms with Crippen molar-refractivity contribution in [2.45, 2.75) is 241 Å². The number of hydrogen-bond acceptors (Lipinski definition) is 1. The quantitative estimate of drug-likeness (QED) is 0.0446. The Morgan fingerprint density at radius 3 is 1.62 bits per heavy atom. The van der Waals surface area contributed by atoms with Gasteiger partial charge in [-0.2, -0.15) is 0 Å². The number of rotatable bonds is 32. The molecule has 0 heterocycles. The third-order valence-electron chi connectivity index (χ3n) is 10.7. The monoisotopic (exact) mass is 629 g/mol. The Morgan fingerprint density at radius 1 is 0.533 bits per heavy atom. The van der Waals surface area contributed by atoms with Gasteiger partial charge in [-0.3, -0.25) is 0 Å². The first-order chi connectivity index (χ1) is 21.6. The van der Waals surface area contributed by atoms with E-state index in [1.165, 1.54) is 153 Å². The molecular formula is C44H84O. The van der Waals surface area contributed by atoms with E-state index in [9.17, 15) is 5.11 Å². The van der Waals surface area contributed by atoms with Crippen molar-refractivity contribution >= 4 is 0 Å². The summed E-state index contributed by atoms with van der Waals surface area (Å²) in [5, 5.41) is 10.6. The van der Waals surface area contributed by atoms with Gasteiger partial charge in [0.25, 0.3) is 0 Å².